The van der Waals surface area contributed by atoms with Gasteiger partial charge in [-0.15, -0.1) is 11.3 Å². The zero-order valence-corrected chi connectivity index (χ0v) is 20.7. The first-order valence-electron chi connectivity index (χ1n) is 12.4. The molecule has 0 radical (unpaired) electrons. The molecule has 2 heterocycles. The molecule has 8 rings (SSSR count). The number of anilines is 3. The average Bonchev–Trinajstić information content (AvgIpc) is 3.52. The molecule has 0 unspecified atom stereocenters. The topological polar surface area (TPSA) is 16.4 Å². The van der Waals surface area contributed by atoms with Crippen LogP contribution in [0, 0.1) is 0 Å². The second-order valence-electron chi connectivity index (χ2n) is 9.36. The SMILES string of the molecule is c1ccc(N(c2ccc3sc4ccc5ccccc5c4c3c2)c2cccc3oc4ccccc4c23)cc1. The molecule has 0 spiro atoms. The molecule has 0 bridgehead atoms. The first-order chi connectivity index (χ1) is 18.3. The third kappa shape index (κ3) is 3.11. The van der Waals surface area contributed by atoms with Gasteiger partial charge in [-0.05, 0) is 65.4 Å². The van der Waals surface area contributed by atoms with Crippen molar-refractivity contribution in [2.24, 2.45) is 0 Å². The van der Waals surface area contributed by atoms with Gasteiger partial charge in [-0.2, -0.15) is 0 Å². The van der Waals surface area contributed by atoms with E-state index in [0.29, 0.717) is 0 Å². The molecule has 8 aromatic rings. The molecular formula is C34H21NOS. The van der Waals surface area contributed by atoms with E-state index < -0.39 is 0 Å². The summed E-state index contributed by atoms with van der Waals surface area (Å²) in [5, 5.41) is 7.45. The van der Waals surface area contributed by atoms with Crippen molar-refractivity contribution in [3.8, 4) is 0 Å². The van der Waals surface area contributed by atoms with E-state index in [1.165, 1.54) is 30.9 Å². The molecular weight excluding hydrogens is 470 g/mol. The normalized spacial score (nSPS) is 11.8. The number of thiophene rings is 1. The quantitative estimate of drug-likeness (QED) is 0.244. The lowest BCUT2D eigenvalue weighted by atomic mass is 10.0. The smallest absolute Gasteiger partial charge is 0.137 e. The maximum Gasteiger partial charge on any atom is 0.137 e. The highest BCUT2D eigenvalue weighted by Crippen LogP contribution is 2.45. The Morgan fingerprint density at radius 2 is 1.24 bits per heavy atom. The molecule has 2 nitrogen and oxygen atoms in total. The van der Waals surface area contributed by atoms with Gasteiger partial charge in [0.25, 0.3) is 0 Å². The van der Waals surface area contributed by atoms with Crippen LogP contribution in [0.2, 0.25) is 0 Å². The molecule has 0 N–H and O–H groups in total. The van der Waals surface area contributed by atoms with Crippen LogP contribution in [0.4, 0.5) is 17.1 Å². The van der Waals surface area contributed by atoms with E-state index in [9.17, 15) is 0 Å². The van der Waals surface area contributed by atoms with Crippen LogP contribution in [0.1, 0.15) is 0 Å². The number of nitrogens with zero attached hydrogens (tertiary/aromatic N) is 1. The highest BCUT2D eigenvalue weighted by Gasteiger charge is 2.20. The fourth-order valence-electron chi connectivity index (χ4n) is 5.62. The molecule has 6 aromatic carbocycles. The van der Waals surface area contributed by atoms with Crippen molar-refractivity contribution in [2.45, 2.75) is 0 Å². The van der Waals surface area contributed by atoms with E-state index in [1.54, 1.807) is 0 Å². The Morgan fingerprint density at radius 1 is 0.486 bits per heavy atom. The van der Waals surface area contributed by atoms with Crippen LogP contribution in [0.3, 0.4) is 0 Å². The molecule has 0 fully saturated rings. The van der Waals surface area contributed by atoms with Gasteiger partial charge in [0, 0.05) is 36.9 Å². The number of benzene rings is 6. The Hall–Kier alpha value is -4.60. The molecule has 0 aliphatic rings. The van der Waals surface area contributed by atoms with E-state index in [1.807, 2.05) is 23.5 Å². The monoisotopic (exact) mass is 491 g/mol. The number of rotatable bonds is 3. The average molecular weight is 492 g/mol. The summed E-state index contributed by atoms with van der Waals surface area (Å²) in [4.78, 5) is 2.36. The Bertz CT molecular complexity index is 2100. The van der Waals surface area contributed by atoms with Gasteiger partial charge >= 0.3 is 0 Å². The largest absolute Gasteiger partial charge is 0.456 e. The molecule has 2 aromatic heterocycles. The standard InChI is InChI=1S/C34H21NOS/c1-2-10-23(11-3-1)35(28-14-8-16-30-34(28)26-13-6-7-15-29(26)36-30)24-18-20-31-27(21-24)33-25-12-5-4-9-22(25)17-19-32(33)37-31/h1-21H. The molecule has 3 heteroatoms. The lowest BCUT2D eigenvalue weighted by Gasteiger charge is -2.26. The van der Waals surface area contributed by atoms with E-state index in [4.69, 9.17) is 4.42 Å². The highest BCUT2D eigenvalue weighted by molar-refractivity contribution is 7.26. The molecule has 0 aliphatic heterocycles. The van der Waals surface area contributed by atoms with Gasteiger partial charge in [-0.25, -0.2) is 0 Å². The number of furan rings is 1. The van der Waals surface area contributed by atoms with E-state index in [2.05, 4.69) is 120 Å². The predicted molar refractivity (Wildman–Crippen MR) is 159 cm³/mol. The third-order valence-corrected chi connectivity index (χ3v) is 8.37. The summed E-state index contributed by atoms with van der Waals surface area (Å²) in [6.07, 6.45) is 0. The first-order valence-corrected chi connectivity index (χ1v) is 13.3. The number of para-hydroxylation sites is 2. The molecule has 174 valence electrons. The van der Waals surface area contributed by atoms with Crippen molar-refractivity contribution >= 4 is 81.3 Å². The Balaban J connectivity index is 1.45. The van der Waals surface area contributed by atoms with Gasteiger partial charge < -0.3 is 9.32 Å². The second-order valence-corrected chi connectivity index (χ2v) is 10.4. The van der Waals surface area contributed by atoms with Crippen molar-refractivity contribution < 1.29 is 4.42 Å². The molecule has 0 atom stereocenters. The highest BCUT2D eigenvalue weighted by atomic mass is 32.1. The molecule has 37 heavy (non-hydrogen) atoms. The maximum absolute atomic E-state index is 6.25. The fraction of sp³-hybridized carbons (Fsp3) is 0. The molecule has 0 aliphatic carbocycles. The Labute approximate surface area is 217 Å². The summed E-state index contributed by atoms with van der Waals surface area (Å²) in [5.41, 5.74) is 5.15. The Morgan fingerprint density at radius 3 is 2.16 bits per heavy atom. The minimum Gasteiger partial charge on any atom is -0.456 e. The molecule has 0 saturated heterocycles. The lowest BCUT2D eigenvalue weighted by molar-refractivity contribution is 0.669. The van der Waals surface area contributed by atoms with Gasteiger partial charge in [-0.1, -0.05) is 72.8 Å². The van der Waals surface area contributed by atoms with Crippen molar-refractivity contribution in [1.82, 2.24) is 0 Å². The summed E-state index contributed by atoms with van der Waals surface area (Å²) in [6, 6.07) is 45.3. The van der Waals surface area contributed by atoms with Crippen LogP contribution in [0.25, 0.3) is 52.9 Å². The summed E-state index contributed by atoms with van der Waals surface area (Å²) in [5.74, 6) is 0. The van der Waals surface area contributed by atoms with Crippen molar-refractivity contribution in [3.63, 3.8) is 0 Å². The lowest BCUT2D eigenvalue weighted by Crippen LogP contribution is -2.10. The maximum atomic E-state index is 6.25. The van der Waals surface area contributed by atoms with Crippen molar-refractivity contribution in [3.05, 3.63) is 127 Å². The van der Waals surface area contributed by atoms with E-state index >= 15 is 0 Å². The predicted octanol–water partition coefficient (Wildman–Crippen LogP) is 10.6. The van der Waals surface area contributed by atoms with E-state index in [-0.39, 0.29) is 0 Å². The van der Waals surface area contributed by atoms with Crippen LogP contribution in [0.15, 0.2) is 132 Å². The van der Waals surface area contributed by atoms with Gasteiger partial charge in [0.1, 0.15) is 11.2 Å². The zero-order valence-electron chi connectivity index (χ0n) is 19.9. The van der Waals surface area contributed by atoms with Gasteiger partial charge in [0.05, 0.1) is 11.1 Å². The Kier molecular flexibility index (Phi) is 4.42. The van der Waals surface area contributed by atoms with E-state index in [0.717, 1.165) is 39.0 Å². The molecule has 0 saturated carbocycles. The first kappa shape index (κ1) is 20.6. The summed E-state index contributed by atoms with van der Waals surface area (Å²) in [6.45, 7) is 0. The number of hydrogen-bond acceptors (Lipinski definition) is 3. The summed E-state index contributed by atoms with van der Waals surface area (Å²) >= 11 is 1.86. The van der Waals surface area contributed by atoms with Crippen LogP contribution in [0.5, 0.6) is 0 Å². The minimum atomic E-state index is 0.896. The second kappa shape index (κ2) is 7.95. The summed E-state index contributed by atoms with van der Waals surface area (Å²) in [7, 11) is 0. The third-order valence-electron chi connectivity index (χ3n) is 7.24. The van der Waals surface area contributed by atoms with Crippen molar-refractivity contribution in [1.29, 1.82) is 0 Å². The van der Waals surface area contributed by atoms with Crippen LogP contribution in [-0.2, 0) is 0 Å². The minimum absolute atomic E-state index is 0.896. The molecule has 0 amide bonds. The van der Waals surface area contributed by atoms with Gasteiger partial charge in [0.15, 0.2) is 0 Å². The number of fused-ring (bicyclic) bond motifs is 8. The summed E-state index contributed by atoms with van der Waals surface area (Å²) < 4.78 is 8.87. The van der Waals surface area contributed by atoms with Crippen molar-refractivity contribution in [2.75, 3.05) is 4.90 Å². The van der Waals surface area contributed by atoms with Crippen LogP contribution >= 0.6 is 11.3 Å². The van der Waals surface area contributed by atoms with Gasteiger partial charge in [-0.3, -0.25) is 0 Å². The van der Waals surface area contributed by atoms with Gasteiger partial charge in [0.2, 0.25) is 0 Å². The number of hydrogen-bond donors (Lipinski definition) is 0. The van der Waals surface area contributed by atoms with Crippen LogP contribution < -0.4 is 4.90 Å². The fourth-order valence-corrected chi connectivity index (χ4v) is 6.72. The van der Waals surface area contributed by atoms with Crippen LogP contribution in [-0.4, -0.2) is 0 Å². The zero-order chi connectivity index (χ0) is 24.3.